The van der Waals surface area contributed by atoms with Gasteiger partial charge in [0.2, 0.25) is 0 Å². The number of hydrogen-bond acceptors (Lipinski definition) is 4. The number of aliphatic hydroxyl groups is 1. The predicted molar refractivity (Wildman–Crippen MR) is 79.8 cm³/mol. The Hall–Kier alpha value is -2.56. The van der Waals surface area contributed by atoms with Crippen molar-refractivity contribution < 1.29 is 5.11 Å². The number of nitrogens with zero attached hydrogens (tertiary/aromatic N) is 3. The molecule has 1 aromatic rings. The van der Waals surface area contributed by atoms with Crippen LogP contribution in [-0.2, 0) is 0 Å². The van der Waals surface area contributed by atoms with Crippen LogP contribution in [0.2, 0.25) is 0 Å². The number of hydrogen-bond donors (Lipinski definition) is 1. The number of allylic oxidation sites excluding steroid dienone is 3. The van der Waals surface area contributed by atoms with Gasteiger partial charge >= 0.3 is 0 Å². The van der Waals surface area contributed by atoms with Crippen molar-refractivity contribution in [3.63, 3.8) is 0 Å². The fourth-order valence-electron chi connectivity index (χ4n) is 1.74. The van der Waals surface area contributed by atoms with E-state index in [-0.39, 0.29) is 12.2 Å². The van der Waals surface area contributed by atoms with Crippen molar-refractivity contribution >= 4 is 11.8 Å². The molecule has 102 valence electrons. The molecule has 0 spiro atoms. The first-order valence-electron chi connectivity index (χ1n) is 6.39. The summed E-state index contributed by atoms with van der Waals surface area (Å²) in [5.74, 6) is 0. The number of aliphatic hydroxyl groups excluding tert-OH is 1. The third-order valence-corrected chi connectivity index (χ3v) is 2.80. The summed E-state index contributed by atoms with van der Waals surface area (Å²) in [5, 5.41) is 26.2. The van der Waals surface area contributed by atoms with E-state index in [1.807, 2.05) is 37.3 Å². The third-order valence-electron chi connectivity index (χ3n) is 2.80. The van der Waals surface area contributed by atoms with E-state index in [1.165, 1.54) is 6.08 Å². The molecule has 0 fully saturated rings. The van der Waals surface area contributed by atoms with Gasteiger partial charge in [-0.25, -0.2) is 0 Å². The molecule has 4 nitrogen and oxygen atoms in total. The molecule has 0 aliphatic heterocycles. The van der Waals surface area contributed by atoms with Gasteiger partial charge in [0.1, 0.15) is 17.7 Å². The van der Waals surface area contributed by atoms with Crippen molar-refractivity contribution in [3.05, 3.63) is 47.6 Å². The Bertz CT molecular complexity index is 543. The van der Waals surface area contributed by atoms with Crippen LogP contribution in [0.3, 0.4) is 0 Å². The summed E-state index contributed by atoms with van der Waals surface area (Å²) in [7, 11) is 0. The topological polar surface area (TPSA) is 71.0 Å². The van der Waals surface area contributed by atoms with E-state index >= 15 is 0 Å². The lowest BCUT2D eigenvalue weighted by Gasteiger charge is -2.21. The van der Waals surface area contributed by atoms with E-state index in [9.17, 15) is 0 Å². The molecule has 0 radical (unpaired) electrons. The van der Waals surface area contributed by atoms with E-state index in [0.717, 1.165) is 17.8 Å². The van der Waals surface area contributed by atoms with Gasteiger partial charge in [0.25, 0.3) is 0 Å². The van der Waals surface area contributed by atoms with Crippen LogP contribution in [0.4, 0.5) is 5.69 Å². The second kappa shape index (κ2) is 8.53. The van der Waals surface area contributed by atoms with Gasteiger partial charge in [-0.15, -0.1) is 0 Å². The highest BCUT2D eigenvalue weighted by Gasteiger charge is 2.02. The smallest absolute Gasteiger partial charge is 0.129 e. The molecule has 0 aromatic heterocycles. The molecule has 0 saturated carbocycles. The molecule has 1 N–H and O–H groups in total. The van der Waals surface area contributed by atoms with E-state index < -0.39 is 0 Å². The second-order valence-corrected chi connectivity index (χ2v) is 4.06. The number of benzene rings is 1. The lowest BCUT2D eigenvalue weighted by Crippen LogP contribution is -2.25. The maximum atomic E-state index is 8.99. The fourth-order valence-corrected chi connectivity index (χ4v) is 1.74. The molecular weight excluding hydrogens is 250 g/mol. The first-order valence-corrected chi connectivity index (χ1v) is 6.39. The summed E-state index contributed by atoms with van der Waals surface area (Å²) in [6.45, 7) is 3.62. The number of rotatable bonds is 6. The minimum Gasteiger partial charge on any atom is -0.395 e. The van der Waals surface area contributed by atoms with Gasteiger partial charge < -0.3 is 10.0 Å². The highest BCUT2D eigenvalue weighted by Crippen LogP contribution is 2.15. The SMILES string of the molecule is CCN(CCO)c1ccc(/C=C/C=C(C#N)C#N)cc1. The van der Waals surface area contributed by atoms with E-state index in [0.29, 0.717) is 6.54 Å². The quantitative estimate of drug-likeness (QED) is 0.635. The molecular formula is C16H17N3O. The van der Waals surface area contributed by atoms with Crippen LogP contribution in [0.25, 0.3) is 6.08 Å². The largest absolute Gasteiger partial charge is 0.395 e. The van der Waals surface area contributed by atoms with Gasteiger partial charge in [0.05, 0.1) is 6.61 Å². The van der Waals surface area contributed by atoms with E-state index in [2.05, 4.69) is 4.90 Å². The Balaban J connectivity index is 2.77. The molecule has 1 aromatic carbocycles. The minimum atomic E-state index is 0.0815. The van der Waals surface area contributed by atoms with Crippen LogP contribution in [0.1, 0.15) is 12.5 Å². The Kier molecular flexibility index (Phi) is 6.61. The average Bonchev–Trinajstić information content (AvgIpc) is 2.50. The van der Waals surface area contributed by atoms with Crippen molar-refractivity contribution in [2.75, 3.05) is 24.6 Å². The first-order chi connectivity index (χ1) is 9.74. The molecule has 4 heteroatoms. The lowest BCUT2D eigenvalue weighted by molar-refractivity contribution is 0.302. The average molecular weight is 267 g/mol. The maximum absolute atomic E-state index is 8.99. The van der Waals surface area contributed by atoms with Crippen LogP contribution >= 0.6 is 0 Å². The molecule has 0 bridgehead atoms. The summed E-state index contributed by atoms with van der Waals surface area (Å²) in [6.07, 6.45) is 5.00. The first kappa shape index (κ1) is 15.5. The van der Waals surface area contributed by atoms with Crippen LogP contribution in [0, 0.1) is 22.7 Å². The van der Waals surface area contributed by atoms with Crippen molar-refractivity contribution in [2.45, 2.75) is 6.92 Å². The normalized spacial score (nSPS) is 9.80. The monoisotopic (exact) mass is 267 g/mol. The van der Waals surface area contributed by atoms with Crippen molar-refractivity contribution in [1.82, 2.24) is 0 Å². The molecule has 0 saturated heterocycles. The Labute approximate surface area is 119 Å². The van der Waals surface area contributed by atoms with Gasteiger partial charge in [0.15, 0.2) is 0 Å². The van der Waals surface area contributed by atoms with Crippen molar-refractivity contribution in [1.29, 1.82) is 10.5 Å². The van der Waals surface area contributed by atoms with Gasteiger partial charge in [0, 0.05) is 18.8 Å². The zero-order valence-electron chi connectivity index (χ0n) is 11.5. The molecule has 20 heavy (non-hydrogen) atoms. The van der Waals surface area contributed by atoms with Gasteiger partial charge in [-0.3, -0.25) is 0 Å². The van der Waals surface area contributed by atoms with Gasteiger partial charge in [-0.2, -0.15) is 10.5 Å². The van der Waals surface area contributed by atoms with Crippen LogP contribution in [0.15, 0.2) is 42.0 Å². The van der Waals surface area contributed by atoms with E-state index in [1.54, 1.807) is 18.2 Å². The molecule has 1 rings (SSSR count). The van der Waals surface area contributed by atoms with Crippen LogP contribution < -0.4 is 4.90 Å². The van der Waals surface area contributed by atoms with E-state index in [4.69, 9.17) is 15.6 Å². The molecule has 0 amide bonds. The number of anilines is 1. The fraction of sp³-hybridized carbons (Fsp3) is 0.250. The van der Waals surface area contributed by atoms with Gasteiger partial charge in [-0.1, -0.05) is 24.3 Å². The molecule has 0 heterocycles. The number of likely N-dealkylation sites (N-methyl/N-ethyl adjacent to an activating group) is 1. The zero-order valence-corrected chi connectivity index (χ0v) is 11.5. The summed E-state index contributed by atoms with van der Waals surface area (Å²) < 4.78 is 0. The van der Waals surface area contributed by atoms with Crippen molar-refractivity contribution in [2.24, 2.45) is 0 Å². The molecule has 0 aliphatic carbocycles. The summed E-state index contributed by atoms with van der Waals surface area (Å²) in [5.41, 5.74) is 2.13. The Morgan fingerprint density at radius 3 is 2.40 bits per heavy atom. The molecule has 0 atom stereocenters. The predicted octanol–water partition coefficient (Wildman–Crippen LogP) is 2.49. The molecule has 0 unspecified atom stereocenters. The summed E-state index contributed by atoms with van der Waals surface area (Å²) >= 11 is 0. The zero-order chi connectivity index (χ0) is 14.8. The third kappa shape index (κ3) is 4.61. The lowest BCUT2D eigenvalue weighted by atomic mass is 10.1. The Morgan fingerprint density at radius 2 is 1.90 bits per heavy atom. The minimum absolute atomic E-state index is 0.0815. The Morgan fingerprint density at radius 1 is 1.25 bits per heavy atom. The van der Waals surface area contributed by atoms with Crippen molar-refractivity contribution in [3.8, 4) is 12.1 Å². The standard InChI is InChI=1S/C16H17N3O/c1-2-19(10-11-20)16-8-6-14(7-9-16)4-3-5-15(12-17)13-18/h3-9,20H,2,10-11H2,1H3/b4-3+. The summed E-state index contributed by atoms with van der Waals surface area (Å²) in [6, 6.07) is 11.5. The highest BCUT2D eigenvalue weighted by atomic mass is 16.3. The van der Waals surface area contributed by atoms with Crippen LogP contribution in [-0.4, -0.2) is 24.8 Å². The van der Waals surface area contributed by atoms with Gasteiger partial charge in [-0.05, 0) is 30.7 Å². The summed E-state index contributed by atoms with van der Waals surface area (Å²) in [4.78, 5) is 2.08. The molecule has 0 aliphatic rings. The number of nitriles is 2. The maximum Gasteiger partial charge on any atom is 0.129 e. The highest BCUT2D eigenvalue weighted by molar-refractivity contribution is 5.57. The van der Waals surface area contributed by atoms with Crippen LogP contribution in [0.5, 0.6) is 0 Å². The second-order valence-electron chi connectivity index (χ2n) is 4.06.